The lowest BCUT2D eigenvalue weighted by atomic mass is 10.2. The zero-order valence-corrected chi connectivity index (χ0v) is 16.0. The number of halogens is 1. The number of benzene rings is 2. The van der Waals surface area contributed by atoms with E-state index in [1.165, 1.54) is 28.7 Å². The predicted molar refractivity (Wildman–Crippen MR) is 110 cm³/mol. The summed E-state index contributed by atoms with van der Waals surface area (Å²) in [5.41, 5.74) is 5.00. The number of nitrogens with one attached hydrogen (secondary N) is 2. The van der Waals surface area contributed by atoms with Crippen molar-refractivity contribution < 1.29 is 4.39 Å². The van der Waals surface area contributed by atoms with E-state index in [-0.39, 0.29) is 5.82 Å². The Hall–Kier alpha value is -2.70. The normalized spacial score (nSPS) is 16.4. The van der Waals surface area contributed by atoms with E-state index >= 15 is 0 Å². The summed E-state index contributed by atoms with van der Waals surface area (Å²) in [5.74, 6) is 0.693. The second-order valence-electron chi connectivity index (χ2n) is 7.74. The Balaban J connectivity index is 1.20. The molecule has 0 amide bonds. The fourth-order valence-corrected chi connectivity index (χ4v) is 4.15. The van der Waals surface area contributed by atoms with Gasteiger partial charge in [0, 0.05) is 43.9 Å². The molecule has 2 aromatic carbocycles. The van der Waals surface area contributed by atoms with Gasteiger partial charge < -0.3 is 9.97 Å². The molecule has 1 aliphatic rings. The van der Waals surface area contributed by atoms with Crippen LogP contribution in [-0.2, 0) is 13.1 Å². The summed E-state index contributed by atoms with van der Waals surface area (Å²) in [5, 5.41) is 1.27. The number of rotatable bonds is 4. The van der Waals surface area contributed by atoms with Gasteiger partial charge in [-0.2, -0.15) is 0 Å². The van der Waals surface area contributed by atoms with Gasteiger partial charge in [0.2, 0.25) is 0 Å². The van der Waals surface area contributed by atoms with Crippen molar-refractivity contribution in [3.05, 3.63) is 65.4 Å². The van der Waals surface area contributed by atoms with Gasteiger partial charge in [0.15, 0.2) is 0 Å². The van der Waals surface area contributed by atoms with Crippen LogP contribution in [0.2, 0.25) is 0 Å². The smallest absolute Gasteiger partial charge is 0.125 e. The highest BCUT2D eigenvalue weighted by Gasteiger charge is 2.19. The van der Waals surface area contributed by atoms with Crippen LogP contribution in [0.3, 0.4) is 0 Å². The summed E-state index contributed by atoms with van der Waals surface area (Å²) in [6.07, 6.45) is 0. The maximum Gasteiger partial charge on any atom is 0.125 e. The van der Waals surface area contributed by atoms with Crippen LogP contribution in [0.25, 0.3) is 21.9 Å². The molecule has 5 nitrogen and oxygen atoms in total. The van der Waals surface area contributed by atoms with E-state index in [1.54, 1.807) is 0 Å². The fraction of sp³-hybridized carbons (Fsp3) is 0.318. The minimum Gasteiger partial charge on any atom is -0.357 e. The number of imidazole rings is 1. The molecule has 0 saturated carbocycles. The van der Waals surface area contributed by atoms with Crippen LogP contribution in [0.1, 0.15) is 17.1 Å². The Morgan fingerprint density at radius 3 is 2.46 bits per heavy atom. The first kappa shape index (κ1) is 17.4. The number of fused-ring (bicyclic) bond motifs is 2. The van der Waals surface area contributed by atoms with Gasteiger partial charge in [0.05, 0.1) is 17.6 Å². The van der Waals surface area contributed by atoms with Gasteiger partial charge in [-0.25, -0.2) is 9.37 Å². The van der Waals surface area contributed by atoms with E-state index in [9.17, 15) is 4.39 Å². The van der Waals surface area contributed by atoms with Crippen molar-refractivity contribution in [2.75, 3.05) is 26.2 Å². The van der Waals surface area contributed by atoms with Gasteiger partial charge >= 0.3 is 0 Å². The Kier molecular flexibility index (Phi) is 4.37. The van der Waals surface area contributed by atoms with Crippen LogP contribution >= 0.6 is 0 Å². The summed E-state index contributed by atoms with van der Waals surface area (Å²) in [7, 11) is 0. The largest absolute Gasteiger partial charge is 0.357 e. The summed E-state index contributed by atoms with van der Waals surface area (Å²) in [6.45, 7) is 7.70. The lowest BCUT2D eigenvalue weighted by molar-refractivity contribution is 0.119. The topological polar surface area (TPSA) is 51.0 Å². The third-order valence-electron chi connectivity index (χ3n) is 5.61. The number of para-hydroxylation sites is 1. The summed E-state index contributed by atoms with van der Waals surface area (Å²) < 4.78 is 13.6. The fourth-order valence-electron chi connectivity index (χ4n) is 4.15. The van der Waals surface area contributed by atoms with Crippen LogP contribution in [0.15, 0.2) is 42.5 Å². The quantitative estimate of drug-likeness (QED) is 0.569. The van der Waals surface area contributed by atoms with E-state index in [0.717, 1.165) is 61.7 Å². The third-order valence-corrected chi connectivity index (χ3v) is 5.61. The zero-order chi connectivity index (χ0) is 19.1. The van der Waals surface area contributed by atoms with E-state index in [0.29, 0.717) is 0 Å². The van der Waals surface area contributed by atoms with E-state index < -0.39 is 0 Å². The molecule has 0 aliphatic carbocycles. The molecule has 144 valence electrons. The highest BCUT2D eigenvalue weighted by molar-refractivity contribution is 5.80. The monoisotopic (exact) mass is 377 g/mol. The summed E-state index contributed by atoms with van der Waals surface area (Å²) in [4.78, 5) is 16.4. The molecule has 0 spiro atoms. The van der Waals surface area contributed by atoms with Gasteiger partial charge in [0.25, 0.3) is 0 Å². The molecule has 6 heteroatoms. The van der Waals surface area contributed by atoms with Gasteiger partial charge in [-0.15, -0.1) is 0 Å². The Labute approximate surface area is 163 Å². The number of hydrogen-bond donors (Lipinski definition) is 2. The van der Waals surface area contributed by atoms with Crippen LogP contribution in [0.4, 0.5) is 4.39 Å². The molecule has 2 aromatic heterocycles. The first-order valence-corrected chi connectivity index (χ1v) is 9.80. The molecule has 1 aliphatic heterocycles. The lowest BCUT2D eigenvalue weighted by Crippen LogP contribution is -2.45. The number of H-pyrrole nitrogens is 2. The maximum atomic E-state index is 13.6. The minimum absolute atomic E-state index is 0.217. The predicted octanol–water partition coefficient (Wildman–Crippen LogP) is 3.81. The first-order chi connectivity index (χ1) is 13.6. The average molecular weight is 377 g/mol. The number of aromatic amines is 2. The number of aryl methyl sites for hydroxylation is 1. The van der Waals surface area contributed by atoms with Crippen molar-refractivity contribution in [3.63, 3.8) is 0 Å². The molecule has 0 radical (unpaired) electrons. The van der Waals surface area contributed by atoms with Crippen LogP contribution < -0.4 is 0 Å². The van der Waals surface area contributed by atoms with E-state index in [4.69, 9.17) is 0 Å². The summed E-state index contributed by atoms with van der Waals surface area (Å²) >= 11 is 0. The van der Waals surface area contributed by atoms with Gasteiger partial charge in [-0.1, -0.05) is 18.2 Å². The van der Waals surface area contributed by atoms with E-state index in [1.807, 2.05) is 6.92 Å². The summed E-state index contributed by atoms with van der Waals surface area (Å²) in [6, 6.07) is 13.7. The molecule has 2 N–H and O–H groups in total. The van der Waals surface area contributed by atoms with Crippen molar-refractivity contribution in [1.82, 2.24) is 24.8 Å². The molecule has 0 unspecified atom stereocenters. The van der Waals surface area contributed by atoms with Gasteiger partial charge in [0.1, 0.15) is 11.6 Å². The van der Waals surface area contributed by atoms with Crippen molar-refractivity contribution >= 4 is 21.9 Å². The number of piperazine rings is 1. The van der Waals surface area contributed by atoms with Gasteiger partial charge in [-0.05, 0) is 42.1 Å². The van der Waals surface area contributed by atoms with Crippen molar-refractivity contribution in [1.29, 1.82) is 0 Å². The second-order valence-corrected chi connectivity index (χ2v) is 7.74. The van der Waals surface area contributed by atoms with E-state index in [2.05, 4.69) is 55.1 Å². The van der Waals surface area contributed by atoms with Crippen molar-refractivity contribution in [2.24, 2.45) is 0 Å². The van der Waals surface area contributed by atoms with Crippen molar-refractivity contribution in [2.45, 2.75) is 20.0 Å². The van der Waals surface area contributed by atoms with Crippen LogP contribution in [0.5, 0.6) is 0 Å². The standard InChI is InChI=1S/C22H24FN5/c1-15-10-17(23)12-20-22(15)26-21(25-20)14-28-8-6-27(7-9-28)13-18-11-16-4-2-3-5-19(16)24-18/h2-5,10-12,24H,6-9,13-14H2,1H3,(H,25,26). The first-order valence-electron chi connectivity index (χ1n) is 9.80. The Morgan fingerprint density at radius 2 is 1.68 bits per heavy atom. The molecular weight excluding hydrogens is 353 g/mol. The number of nitrogens with zero attached hydrogens (tertiary/aromatic N) is 3. The number of hydrogen-bond acceptors (Lipinski definition) is 3. The molecule has 0 atom stereocenters. The SMILES string of the molecule is Cc1cc(F)cc2[nH]c(CN3CCN(Cc4cc5ccccc5[nH]4)CC3)nc12. The van der Waals surface area contributed by atoms with Gasteiger partial charge in [-0.3, -0.25) is 9.80 Å². The molecular formula is C22H24FN5. The molecule has 28 heavy (non-hydrogen) atoms. The average Bonchev–Trinajstić information content (AvgIpc) is 3.26. The number of aromatic nitrogens is 3. The van der Waals surface area contributed by atoms with Crippen LogP contribution in [-0.4, -0.2) is 50.9 Å². The highest BCUT2D eigenvalue weighted by atomic mass is 19.1. The minimum atomic E-state index is -0.217. The molecule has 1 saturated heterocycles. The lowest BCUT2D eigenvalue weighted by Gasteiger charge is -2.33. The van der Waals surface area contributed by atoms with Crippen LogP contribution in [0, 0.1) is 12.7 Å². The molecule has 5 rings (SSSR count). The third kappa shape index (κ3) is 3.41. The zero-order valence-electron chi connectivity index (χ0n) is 16.0. The maximum absolute atomic E-state index is 13.6. The molecule has 4 aromatic rings. The Bertz CT molecular complexity index is 1090. The molecule has 0 bridgehead atoms. The molecule has 1 fully saturated rings. The Morgan fingerprint density at radius 1 is 0.929 bits per heavy atom. The highest BCUT2D eigenvalue weighted by Crippen LogP contribution is 2.20. The van der Waals surface area contributed by atoms with Crippen molar-refractivity contribution in [3.8, 4) is 0 Å². The molecule has 3 heterocycles. The second kappa shape index (κ2) is 7.04.